The molecule has 152 valence electrons. The van der Waals surface area contributed by atoms with Gasteiger partial charge in [0, 0.05) is 0 Å². The topological polar surface area (TPSA) is 126 Å². The van der Waals surface area contributed by atoms with Gasteiger partial charge in [0.2, 0.25) is 6.29 Å². The first-order valence-corrected chi connectivity index (χ1v) is 8.94. The molecule has 2 aromatic rings. The van der Waals surface area contributed by atoms with Crippen LogP contribution in [0.15, 0.2) is 36.4 Å². The van der Waals surface area contributed by atoms with Gasteiger partial charge >= 0.3 is 5.97 Å². The fraction of sp³-hybridized carbons (Fsp3) is 0.450. The Morgan fingerprint density at radius 3 is 2.43 bits per heavy atom. The molecule has 4 N–H and O–H groups in total. The van der Waals surface area contributed by atoms with E-state index in [-0.39, 0.29) is 0 Å². The van der Waals surface area contributed by atoms with Crippen LogP contribution in [-0.2, 0) is 14.3 Å². The Balaban J connectivity index is 1.74. The summed E-state index contributed by atoms with van der Waals surface area (Å²) in [5.41, 5.74) is 0.701. The largest absolute Gasteiger partial charge is 0.497 e. The maximum Gasteiger partial charge on any atom is 0.315 e. The molecule has 0 saturated carbocycles. The SMILES string of the molecule is COc1ccc2cc(C(C)C(=O)OC3O[C@H](CO)[C@H](O)[C@H](O)[C@H]3O)ccc2c1. The van der Waals surface area contributed by atoms with E-state index in [0.29, 0.717) is 5.56 Å². The average Bonchev–Trinajstić information content (AvgIpc) is 2.72. The third-order valence-corrected chi connectivity index (χ3v) is 5.01. The quantitative estimate of drug-likeness (QED) is 0.535. The molecular weight excluding hydrogens is 368 g/mol. The summed E-state index contributed by atoms with van der Waals surface area (Å²) in [6.45, 7) is 1.06. The van der Waals surface area contributed by atoms with E-state index in [4.69, 9.17) is 14.2 Å². The highest BCUT2D eigenvalue weighted by molar-refractivity contribution is 5.86. The van der Waals surface area contributed by atoms with Crippen LogP contribution in [0.1, 0.15) is 18.4 Å². The predicted molar refractivity (Wildman–Crippen MR) is 98.8 cm³/mol. The fourth-order valence-electron chi connectivity index (χ4n) is 3.16. The van der Waals surface area contributed by atoms with Crippen molar-refractivity contribution in [2.75, 3.05) is 13.7 Å². The normalized spacial score (nSPS) is 28.7. The fourth-order valence-corrected chi connectivity index (χ4v) is 3.16. The molecule has 1 saturated heterocycles. The van der Waals surface area contributed by atoms with Crippen LogP contribution in [-0.4, -0.2) is 70.8 Å². The lowest BCUT2D eigenvalue weighted by Gasteiger charge is -2.39. The first-order chi connectivity index (χ1) is 13.3. The zero-order valence-corrected chi connectivity index (χ0v) is 15.6. The molecule has 1 aliphatic rings. The van der Waals surface area contributed by atoms with Crippen molar-refractivity contribution in [2.24, 2.45) is 0 Å². The van der Waals surface area contributed by atoms with Crippen LogP contribution in [0.2, 0.25) is 0 Å². The zero-order valence-electron chi connectivity index (χ0n) is 15.6. The molecule has 0 amide bonds. The summed E-state index contributed by atoms with van der Waals surface area (Å²) in [5.74, 6) is -0.605. The highest BCUT2D eigenvalue weighted by Gasteiger charge is 2.45. The lowest BCUT2D eigenvalue weighted by molar-refractivity contribution is -0.293. The molecule has 1 aliphatic heterocycles. The molecule has 8 heteroatoms. The number of carbonyl (C=O) groups is 1. The minimum Gasteiger partial charge on any atom is -0.497 e. The minimum absolute atomic E-state index is 0.595. The van der Waals surface area contributed by atoms with E-state index < -0.39 is 49.2 Å². The first kappa shape index (κ1) is 20.5. The van der Waals surface area contributed by atoms with Crippen molar-refractivity contribution in [3.63, 3.8) is 0 Å². The molecule has 0 aromatic heterocycles. The third-order valence-electron chi connectivity index (χ3n) is 5.01. The summed E-state index contributed by atoms with van der Waals surface area (Å²) in [5, 5.41) is 40.7. The van der Waals surface area contributed by atoms with Crippen LogP contribution in [0, 0.1) is 0 Å². The maximum atomic E-state index is 12.5. The number of carbonyl (C=O) groups excluding carboxylic acids is 1. The maximum absolute atomic E-state index is 12.5. The molecule has 2 unspecified atom stereocenters. The molecule has 0 bridgehead atoms. The van der Waals surface area contributed by atoms with E-state index in [0.717, 1.165) is 16.5 Å². The molecule has 0 radical (unpaired) electrons. The average molecular weight is 392 g/mol. The van der Waals surface area contributed by atoms with E-state index in [1.54, 1.807) is 20.1 Å². The number of hydrogen-bond donors (Lipinski definition) is 4. The number of fused-ring (bicyclic) bond motifs is 1. The molecule has 0 aliphatic carbocycles. The Morgan fingerprint density at radius 2 is 1.75 bits per heavy atom. The molecule has 0 spiro atoms. The second-order valence-corrected chi connectivity index (χ2v) is 6.83. The number of methoxy groups -OCH3 is 1. The lowest BCUT2D eigenvalue weighted by atomic mass is 9.97. The van der Waals surface area contributed by atoms with Gasteiger partial charge in [-0.1, -0.05) is 24.3 Å². The zero-order chi connectivity index (χ0) is 20.4. The van der Waals surface area contributed by atoms with Gasteiger partial charge in [0.1, 0.15) is 30.2 Å². The molecule has 1 heterocycles. The van der Waals surface area contributed by atoms with E-state index in [1.807, 2.05) is 30.3 Å². The van der Waals surface area contributed by atoms with Crippen molar-refractivity contribution in [2.45, 2.75) is 43.5 Å². The van der Waals surface area contributed by atoms with E-state index >= 15 is 0 Å². The van der Waals surface area contributed by atoms with Gasteiger partial charge in [-0.25, -0.2) is 0 Å². The third kappa shape index (κ3) is 3.96. The van der Waals surface area contributed by atoms with Crippen LogP contribution in [0.5, 0.6) is 5.75 Å². The highest BCUT2D eigenvalue weighted by atomic mass is 16.7. The molecule has 8 nitrogen and oxygen atoms in total. The number of benzene rings is 2. The van der Waals surface area contributed by atoms with Crippen LogP contribution in [0.4, 0.5) is 0 Å². The molecular formula is C20H24O8. The molecule has 28 heavy (non-hydrogen) atoms. The van der Waals surface area contributed by atoms with Gasteiger partial charge in [0.25, 0.3) is 0 Å². The number of aliphatic hydroxyl groups is 4. The van der Waals surface area contributed by atoms with Gasteiger partial charge in [0.15, 0.2) is 0 Å². The number of rotatable bonds is 5. The summed E-state index contributed by atoms with van der Waals surface area (Å²) in [7, 11) is 1.59. The van der Waals surface area contributed by atoms with Gasteiger partial charge in [-0.2, -0.15) is 0 Å². The van der Waals surface area contributed by atoms with Gasteiger partial charge in [-0.05, 0) is 35.4 Å². The van der Waals surface area contributed by atoms with Crippen molar-refractivity contribution in [3.8, 4) is 5.75 Å². The second-order valence-electron chi connectivity index (χ2n) is 6.83. The summed E-state index contributed by atoms with van der Waals surface area (Å²) < 4.78 is 15.6. The summed E-state index contributed by atoms with van der Waals surface area (Å²) in [4.78, 5) is 12.5. The number of ether oxygens (including phenoxy) is 3. The Kier molecular flexibility index (Phi) is 6.17. The van der Waals surface area contributed by atoms with Crippen molar-refractivity contribution in [3.05, 3.63) is 42.0 Å². The Bertz CT molecular complexity index is 836. The van der Waals surface area contributed by atoms with Crippen molar-refractivity contribution >= 4 is 16.7 Å². The number of hydrogen-bond acceptors (Lipinski definition) is 8. The van der Waals surface area contributed by atoms with Crippen molar-refractivity contribution in [1.82, 2.24) is 0 Å². The molecule has 6 atom stereocenters. The summed E-state index contributed by atoms with van der Waals surface area (Å²) in [6, 6.07) is 11.1. The molecule has 3 rings (SSSR count). The van der Waals surface area contributed by atoms with Gasteiger partial charge < -0.3 is 34.6 Å². The monoisotopic (exact) mass is 392 g/mol. The molecule has 1 fully saturated rings. The van der Waals surface area contributed by atoms with Gasteiger partial charge in [-0.15, -0.1) is 0 Å². The second kappa shape index (κ2) is 8.42. The highest BCUT2D eigenvalue weighted by Crippen LogP contribution is 2.28. The van der Waals surface area contributed by atoms with Crippen LogP contribution in [0.3, 0.4) is 0 Å². The Morgan fingerprint density at radius 1 is 1.07 bits per heavy atom. The molecule has 2 aromatic carbocycles. The lowest BCUT2D eigenvalue weighted by Crippen LogP contribution is -2.59. The summed E-state index contributed by atoms with van der Waals surface area (Å²) >= 11 is 0. The first-order valence-electron chi connectivity index (χ1n) is 8.94. The number of esters is 1. The predicted octanol–water partition coefficient (Wildman–Crippen LogP) is 0.295. The smallest absolute Gasteiger partial charge is 0.315 e. The minimum atomic E-state index is -1.63. The van der Waals surface area contributed by atoms with E-state index in [2.05, 4.69) is 0 Å². The number of aliphatic hydroxyl groups excluding tert-OH is 4. The Labute approximate surface area is 161 Å². The van der Waals surface area contributed by atoms with Crippen LogP contribution in [0.25, 0.3) is 10.8 Å². The van der Waals surface area contributed by atoms with E-state index in [1.165, 1.54) is 0 Å². The van der Waals surface area contributed by atoms with Crippen LogP contribution < -0.4 is 4.74 Å². The Hall–Kier alpha value is -2.23. The standard InChI is InChI=1S/C20H24O8/c1-10(11-3-4-13-8-14(26-2)6-5-12(13)7-11)19(25)28-20-18(24)17(23)16(22)15(9-21)27-20/h3-8,10,15-18,20-24H,9H2,1-2H3/t10?,15-,16+,17+,18-,20?/m1/s1. The van der Waals surface area contributed by atoms with Gasteiger partial charge in [-0.3, -0.25) is 4.79 Å². The van der Waals surface area contributed by atoms with Crippen molar-refractivity contribution < 1.29 is 39.4 Å². The van der Waals surface area contributed by atoms with Gasteiger partial charge in [0.05, 0.1) is 19.6 Å². The van der Waals surface area contributed by atoms with Crippen LogP contribution >= 0.6 is 0 Å². The summed E-state index contributed by atoms with van der Waals surface area (Å²) in [6.07, 6.45) is -7.37. The van der Waals surface area contributed by atoms with E-state index in [9.17, 15) is 25.2 Å². The van der Waals surface area contributed by atoms with Crippen molar-refractivity contribution in [1.29, 1.82) is 0 Å².